The topological polar surface area (TPSA) is 100 Å². The number of pyridine rings is 1. The van der Waals surface area contributed by atoms with Gasteiger partial charge in [0.05, 0.1) is 19.1 Å². The number of anilines is 1. The number of nitrogens with one attached hydrogen (secondary N) is 2. The van der Waals surface area contributed by atoms with Gasteiger partial charge in [0.15, 0.2) is 0 Å². The van der Waals surface area contributed by atoms with Crippen LogP contribution in [0.15, 0.2) is 24.4 Å². The van der Waals surface area contributed by atoms with Crippen LogP contribution in [-0.4, -0.2) is 49.3 Å². The molecule has 2 heterocycles. The summed E-state index contributed by atoms with van der Waals surface area (Å²) in [5.74, 6) is -0.825. The minimum Gasteiger partial charge on any atom is -0.495 e. The maximum atomic E-state index is 15.1. The van der Waals surface area contributed by atoms with Crippen molar-refractivity contribution in [2.45, 2.75) is 12.8 Å². The van der Waals surface area contributed by atoms with Gasteiger partial charge in [0.1, 0.15) is 29.0 Å². The molecule has 0 unspecified atom stereocenters. The number of hydrogen-bond donors (Lipinski definition) is 2. The molecule has 0 saturated carbocycles. The molecule has 1 aromatic carbocycles. The maximum absolute atomic E-state index is 15.1. The van der Waals surface area contributed by atoms with E-state index < -0.39 is 11.8 Å². The molecule has 7 nitrogen and oxygen atoms in total. The van der Waals surface area contributed by atoms with Crippen LogP contribution in [0.5, 0.6) is 5.75 Å². The van der Waals surface area contributed by atoms with E-state index in [2.05, 4.69) is 11.1 Å². The molecule has 0 spiro atoms. The van der Waals surface area contributed by atoms with E-state index in [1.54, 1.807) is 7.05 Å². The molecule has 0 aliphatic carbocycles. The zero-order valence-electron chi connectivity index (χ0n) is 16.7. The van der Waals surface area contributed by atoms with Crippen LogP contribution in [0.1, 0.15) is 18.4 Å². The van der Waals surface area contributed by atoms with Gasteiger partial charge in [-0.15, -0.1) is 0 Å². The highest BCUT2D eigenvalue weighted by Gasteiger charge is 2.30. The van der Waals surface area contributed by atoms with Crippen LogP contribution in [0.2, 0.25) is 0 Å². The van der Waals surface area contributed by atoms with Gasteiger partial charge in [-0.05, 0) is 25.0 Å². The van der Waals surface area contributed by atoms with E-state index in [9.17, 15) is 9.65 Å². The van der Waals surface area contributed by atoms with E-state index in [1.165, 1.54) is 24.3 Å². The molecule has 1 fully saturated rings. The molecule has 0 atom stereocenters. The van der Waals surface area contributed by atoms with Crippen LogP contribution in [0, 0.1) is 39.8 Å². The van der Waals surface area contributed by atoms with Crippen LogP contribution < -0.4 is 9.64 Å². The van der Waals surface area contributed by atoms with Crippen molar-refractivity contribution in [1.82, 2.24) is 9.88 Å². The Balaban J connectivity index is 2.04. The first-order chi connectivity index (χ1) is 14.4. The molecule has 1 aliphatic heterocycles. The Morgan fingerprint density at radius 2 is 2.07 bits per heavy atom. The summed E-state index contributed by atoms with van der Waals surface area (Å²) < 4.78 is 33.6. The number of rotatable bonds is 5. The standard InChI is InChI=1S/C21H22F2N6O/c1-28(12-25)21(26)13-5-7-29(8-6-13)20-15(10-24)17(30-2)9-16(22)19(20)14-3-4-18(23)27-11-14/h3-4,9,11-13,25-26H,5-8H2,1-2H3. The second kappa shape index (κ2) is 8.86. The number of halogens is 2. The van der Waals surface area contributed by atoms with E-state index in [0.717, 1.165) is 18.5 Å². The van der Waals surface area contributed by atoms with Crippen molar-refractivity contribution in [2.75, 3.05) is 32.1 Å². The number of methoxy groups -OCH3 is 1. The highest BCUT2D eigenvalue weighted by Crippen LogP contribution is 2.42. The second-order valence-electron chi connectivity index (χ2n) is 7.03. The lowest BCUT2D eigenvalue weighted by atomic mass is 9.92. The summed E-state index contributed by atoms with van der Waals surface area (Å²) in [6.07, 6.45) is 3.57. The largest absolute Gasteiger partial charge is 0.495 e. The minimum absolute atomic E-state index is 0.0372. The van der Waals surface area contributed by atoms with Gasteiger partial charge in [-0.2, -0.15) is 9.65 Å². The molecule has 2 aromatic rings. The molecule has 0 bridgehead atoms. The van der Waals surface area contributed by atoms with Crippen LogP contribution in [0.4, 0.5) is 14.5 Å². The molecule has 156 valence electrons. The van der Waals surface area contributed by atoms with Gasteiger partial charge in [0.2, 0.25) is 5.95 Å². The smallest absolute Gasteiger partial charge is 0.212 e. The molecule has 0 amide bonds. The third kappa shape index (κ3) is 3.94. The lowest BCUT2D eigenvalue weighted by Crippen LogP contribution is -2.41. The highest BCUT2D eigenvalue weighted by atomic mass is 19.1. The molecule has 3 rings (SSSR count). The fourth-order valence-corrected chi connectivity index (χ4v) is 3.73. The number of nitrogens with zero attached hydrogens (tertiary/aromatic N) is 4. The molecule has 1 aliphatic rings. The van der Waals surface area contributed by atoms with Crippen molar-refractivity contribution >= 4 is 17.9 Å². The van der Waals surface area contributed by atoms with Crippen LogP contribution in [0.25, 0.3) is 11.1 Å². The third-order valence-corrected chi connectivity index (χ3v) is 5.34. The van der Waals surface area contributed by atoms with E-state index in [1.807, 2.05) is 4.90 Å². The first-order valence-electron chi connectivity index (χ1n) is 9.40. The van der Waals surface area contributed by atoms with Gasteiger partial charge in [-0.3, -0.25) is 10.8 Å². The van der Waals surface area contributed by atoms with Crippen molar-refractivity contribution in [3.8, 4) is 22.9 Å². The van der Waals surface area contributed by atoms with Crippen molar-refractivity contribution in [1.29, 1.82) is 16.1 Å². The van der Waals surface area contributed by atoms with Gasteiger partial charge >= 0.3 is 0 Å². The maximum Gasteiger partial charge on any atom is 0.212 e. The van der Waals surface area contributed by atoms with Gasteiger partial charge in [0, 0.05) is 49.4 Å². The summed E-state index contributed by atoms with van der Waals surface area (Å²) in [6, 6.07) is 5.85. The van der Waals surface area contributed by atoms with E-state index in [-0.39, 0.29) is 22.8 Å². The van der Waals surface area contributed by atoms with E-state index in [0.29, 0.717) is 43.0 Å². The molecule has 0 radical (unpaired) electrons. The first kappa shape index (κ1) is 21.2. The monoisotopic (exact) mass is 412 g/mol. The first-order valence-corrected chi connectivity index (χ1v) is 9.40. The molecule has 1 saturated heterocycles. The lowest BCUT2D eigenvalue weighted by Gasteiger charge is -2.36. The van der Waals surface area contributed by atoms with Gasteiger partial charge in [0.25, 0.3) is 0 Å². The quantitative estimate of drug-likeness (QED) is 0.444. The summed E-state index contributed by atoms with van der Waals surface area (Å²) >= 11 is 0. The Bertz CT molecular complexity index is 994. The van der Waals surface area contributed by atoms with Crippen LogP contribution >= 0.6 is 0 Å². The highest BCUT2D eigenvalue weighted by molar-refractivity contribution is 5.91. The molecule has 30 heavy (non-hydrogen) atoms. The fourth-order valence-electron chi connectivity index (χ4n) is 3.73. The average molecular weight is 412 g/mol. The van der Waals surface area contributed by atoms with Gasteiger partial charge in [-0.25, -0.2) is 9.37 Å². The van der Waals surface area contributed by atoms with Crippen molar-refractivity contribution in [3.63, 3.8) is 0 Å². The Morgan fingerprint density at radius 3 is 2.60 bits per heavy atom. The molecular weight excluding hydrogens is 390 g/mol. The minimum atomic E-state index is -0.677. The molecular formula is C21H22F2N6O. The number of nitriles is 1. The fraction of sp³-hybridized carbons (Fsp3) is 0.333. The van der Waals surface area contributed by atoms with E-state index >= 15 is 4.39 Å². The summed E-state index contributed by atoms with van der Waals surface area (Å²) in [5.41, 5.74) is 1.11. The number of piperidine rings is 1. The van der Waals surface area contributed by atoms with Crippen LogP contribution in [-0.2, 0) is 0 Å². The number of benzene rings is 1. The predicted octanol–water partition coefficient (Wildman–Crippen LogP) is 3.64. The van der Waals surface area contributed by atoms with Gasteiger partial charge in [-0.1, -0.05) is 0 Å². The van der Waals surface area contributed by atoms with E-state index in [4.69, 9.17) is 15.6 Å². The van der Waals surface area contributed by atoms with Crippen molar-refractivity contribution in [3.05, 3.63) is 41.7 Å². The Kier molecular flexibility index (Phi) is 6.26. The zero-order chi connectivity index (χ0) is 21.8. The molecule has 2 N–H and O–H groups in total. The Morgan fingerprint density at radius 1 is 1.37 bits per heavy atom. The van der Waals surface area contributed by atoms with Crippen molar-refractivity contribution < 1.29 is 13.5 Å². The van der Waals surface area contributed by atoms with Crippen molar-refractivity contribution in [2.24, 2.45) is 5.92 Å². The average Bonchev–Trinajstić information content (AvgIpc) is 2.78. The Hall–Kier alpha value is -3.54. The number of hydrogen-bond acceptors (Lipinski definition) is 6. The summed E-state index contributed by atoms with van der Waals surface area (Å²) in [7, 11) is 3.03. The lowest BCUT2D eigenvalue weighted by molar-refractivity contribution is 0.409. The number of aromatic nitrogens is 1. The SMILES string of the molecule is COc1cc(F)c(-c2ccc(F)nc2)c(N2CCC(C(=N)N(C)C=N)CC2)c1C#N. The third-order valence-electron chi connectivity index (χ3n) is 5.34. The summed E-state index contributed by atoms with van der Waals surface area (Å²) in [5, 5.41) is 25.3. The van der Waals surface area contributed by atoms with Gasteiger partial charge < -0.3 is 14.5 Å². The predicted molar refractivity (Wildman–Crippen MR) is 110 cm³/mol. The van der Waals surface area contributed by atoms with Crippen LogP contribution in [0.3, 0.4) is 0 Å². The number of amidine groups is 1. The summed E-state index contributed by atoms with van der Waals surface area (Å²) in [6.45, 7) is 0.976. The molecule has 1 aromatic heterocycles. The number of ether oxygens (including phenoxy) is 1. The summed E-state index contributed by atoms with van der Waals surface area (Å²) in [4.78, 5) is 6.98. The zero-order valence-corrected chi connectivity index (χ0v) is 16.7. The second-order valence-corrected chi connectivity index (χ2v) is 7.03. The molecule has 9 heteroatoms. The normalized spacial score (nSPS) is 14.2. The Labute approximate surface area is 173 Å².